The highest BCUT2D eigenvalue weighted by molar-refractivity contribution is 6.05. The van der Waals surface area contributed by atoms with Crippen molar-refractivity contribution >= 4 is 17.8 Å². The average Bonchev–Trinajstić information content (AvgIpc) is 2.89. The maximum atomic E-state index is 12.0. The Hall–Kier alpha value is -2.68. The van der Waals surface area contributed by atoms with E-state index in [0.717, 1.165) is 11.1 Å². The van der Waals surface area contributed by atoms with Gasteiger partial charge in [0.25, 0.3) is 0 Å². The monoisotopic (exact) mass is 291 g/mol. The molecular weight excluding hydrogens is 274 g/mol. The van der Waals surface area contributed by atoms with Gasteiger partial charge in [0.15, 0.2) is 0 Å². The van der Waals surface area contributed by atoms with Crippen molar-refractivity contribution in [1.29, 1.82) is 0 Å². The number of nitrogens with zero attached hydrogens (tertiary/aromatic N) is 1. The molecule has 0 N–H and O–H groups in total. The SMILES string of the molecule is CC(C)c1ccc(C2=C/C(=C/c3ccncc3)C(=O)O2)cc1. The van der Waals surface area contributed by atoms with Gasteiger partial charge >= 0.3 is 5.97 Å². The maximum Gasteiger partial charge on any atom is 0.343 e. The van der Waals surface area contributed by atoms with E-state index in [4.69, 9.17) is 4.74 Å². The Bertz CT molecular complexity index is 741. The van der Waals surface area contributed by atoms with Gasteiger partial charge in [-0.05, 0) is 41.3 Å². The largest absolute Gasteiger partial charge is 0.422 e. The molecule has 0 fully saturated rings. The topological polar surface area (TPSA) is 39.2 Å². The van der Waals surface area contributed by atoms with Gasteiger partial charge in [-0.15, -0.1) is 0 Å². The third-order valence-corrected chi connectivity index (χ3v) is 3.62. The highest BCUT2D eigenvalue weighted by Crippen LogP contribution is 2.28. The lowest BCUT2D eigenvalue weighted by Gasteiger charge is -2.06. The second kappa shape index (κ2) is 5.98. The summed E-state index contributed by atoms with van der Waals surface area (Å²) in [6, 6.07) is 11.8. The Labute approximate surface area is 130 Å². The molecule has 0 unspecified atom stereocenters. The molecule has 3 nitrogen and oxygen atoms in total. The van der Waals surface area contributed by atoms with Crippen molar-refractivity contribution in [2.75, 3.05) is 0 Å². The molecular formula is C19H17NO2. The molecule has 0 amide bonds. The zero-order valence-electron chi connectivity index (χ0n) is 12.6. The molecule has 1 aromatic heterocycles. The molecule has 0 saturated carbocycles. The molecule has 1 aromatic carbocycles. The zero-order chi connectivity index (χ0) is 15.5. The van der Waals surface area contributed by atoms with E-state index in [1.807, 2.05) is 24.3 Å². The van der Waals surface area contributed by atoms with Crippen molar-refractivity contribution in [3.05, 3.63) is 77.1 Å². The summed E-state index contributed by atoms with van der Waals surface area (Å²) in [5, 5.41) is 0. The number of rotatable bonds is 3. The van der Waals surface area contributed by atoms with Crippen LogP contribution in [0, 0.1) is 0 Å². The molecule has 3 rings (SSSR count). The second-order valence-corrected chi connectivity index (χ2v) is 5.56. The van der Waals surface area contributed by atoms with E-state index in [9.17, 15) is 4.79 Å². The third-order valence-electron chi connectivity index (χ3n) is 3.62. The van der Waals surface area contributed by atoms with Gasteiger partial charge < -0.3 is 4.74 Å². The number of pyridine rings is 1. The van der Waals surface area contributed by atoms with Gasteiger partial charge in [0, 0.05) is 18.0 Å². The number of hydrogen-bond donors (Lipinski definition) is 0. The second-order valence-electron chi connectivity index (χ2n) is 5.56. The lowest BCUT2D eigenvalue weighted by Crippen LogP contribution is -1.97. The number of carbonyl (C=O) groups is 1. The number of ether oxygens (including phenoxy) is 1. The minimum absolute atomic E-state index is 0.320. The maximum absolute atomic E-state index is 12.0. The predicted octanol–water partition coefficient (Wildman–Crippen LogP) is 4.19. The van der Waals surface area contributed by atoms with E-state index in [-0.39, 0.29) is 5.97 Å². The minimum atomic E-state index is -0.320. The fourth-order valence-corrected chi connectivity index (χ4v) is 2.30. The molecule has 110 valence electrons. The summed E-state index contributed by atoms with van der Waals surface area (Å²) in [5.74, 6) is 0.761. The van der Waals surface area contributed by atoms with Crippen LogP contribution in [0.25, 0.3) is 11.8 Å². The van der Waals surface area contributed by atoms with Crippen LogP contribution in [0.15, 0.2) is 60.4 Å². The molecule has 0 saturated heterocycles. The number of aromatic nitrogens is 1. The molecule has 22 heavy (non-hydrogen) atoms. The van der Waals surface area contributed by atoms with Crippen molar-refractivity contribution in [2.45, 2.75) is 19.8 Å². The first kappa shape index (κ1) is 14.3. The molecule has 0 bridgehead atoms. The van der Waals surface area contributed by atoms with Crippen molar-refractivity contribution in [1.82, 2.24) is 4.98 Å². The Morgan fingerprint density at radius 1 is 1.05 bits per heavy atom. The van der Waals surface area contributed by atoms with E-state index < -0.39 is 0 Å². The van der Waals surface area contributed by atoms with Crippen LogP contribution < -0.4 is 0 Å². The van der Waals surface area contributed by atoms with Crippen LogP contribution in [0.1, 0.15) is 36.5 Å². The van der Waals surface area contributed by atoms with Crippen LogP contribution in [-0.4, -0.2) is 11.0 Å². The summed E-state index contributed by atoms with van der Waals surface area (Å²) in [7, 11) is 0. The number of benzene rings is 1. The number of carbonyl (C=O) groups excluding carboxylic acids is 1. The van der Waals surface area contributed by atoms with Crippen molar-refractivity contribution < 1.29 is 9.53 Å². The van der Waals surface area contributed by atoms with Gasteiger partial charge in [0.2, 0.25) is 0 Å². The van der Waals surface area contributed by atoms with Crippen LogP contribution in [0.4, 0.5) is 0 Å². The molecule has 3 heteroatoms. The quantitative estimate of drug-likeness (QED) is 0.629. The molecule has 0 spiro atoms. The van der Waals surface area contributed by atoms with Crippen LogP contribution in [-0.2, 0) is 9.53 Å². The van der Waals surface area contributed by atoms with Gasteiger partial charge in [-0.2, -0.15) is 0 Å². The van der Waals surface area contributed by atoms with Gasteiger partial charge in [-0.25, -0.2) is 4.79 Å². The molecule has 1 aliphatic rings. The molecule has 1 aliphatic heterocycles. The third kappa shape index (κ3) is 2.98. The standard InChI is InChI=1S/C19H17NO2/c1-13(2)15-3-5-16(6-4-15)18-12-17(19(21)22-18)11-14-7-9-20-10-8-14/h3-13H,1-2H3/b17-11-. The summed E-state index contributed by atoms with van der Waals surface area (Å²) in [6.07, 6.45) is 6.98. The average molecular weight is 291 g/mol. The summed E-state index contributed by atoms with van der Waals surface area (Å²) in [5.41, 5.74) is 3.65. The minimum Gasteiger partial charge on any atom is -0.422 e. The van der Waals surface area contributed by atoms with Crippen LogP contribution >= 0.6 is 0 Å². The highest BCUT2D eigenvalue weighted by atomic mass is 16.5. The first-order valence-electron chi connectivity index (χ1n) is 7.29. The van der Waals surface area contributed by atoms with Gasteiger partial charge in [-0.1, -0.05) is 38.1 Å². The zero-order valence-corrected chi connectivity index (χ0v) is 12.6. The number of esters is 1. The van der Waals surface area contributed by atoms with Gasteiger partial charge in [-0.3, -0.25) is 4.98 Å². The first-order valence-corrected chi connectivity index (χ1v) is 7.29. The Kier molecular flexibility index (Phi) is 3.88. The van der Waals surface area contributed by atoms with E-state index in [2.05, 4.69) is 31.0 Å². The van der Waals surface area contributed by atoms with Crippen LogP contribution in [0.2, 0.25) is 0 Å². The predicted molar refractivity (Wildman–Crippen MR) is 86.8 cm³/mol. The summed E-state index contributed by atoms with van der Waals surface area (Å²) >= 11 is 0. The fraction of sp³-hybridized carbons (Fsp3) is 0.158. The van der Waals surface area contributed by atoms with Crippen molar-refractivity contribution in [3.63, 3.8) is 0 Å². The molecule has 2 aromatic rings. The van der Waals surface area contributed by atoms with E-state index in [1.54, 1.807) is 24.5 Å². The van der Waals surface area contributed by atoms with E-state index >= 15 is 0 Å². The molecule has 0 aliphatic carbocycles. The molecule has 0 radical (unpaired) electrons. The van der Waals surface area contributed by atoms with Gasteiger partial charge in [0.05, 0.1) is 5.57 Å². The number of cyclic esters (lactones) is 1. The normalized spacial score (nSPS) is 16.0. The Morgan fingerprint density at radius 2 is 1.73 bits per heavy atom. The summed E-state index contributed by atoms with van der Waals surface area (Å²) < 4.78 is 5.37. The number of hydrogen-bond acceptors (Lipinski definition) is 3. The van der Waals surface area contributed by atoms with Crippen LogP contribution in [0.3, 0.4) is 0 Å². The summed E-state index contributed by atoms with van der Waals surface area (Å²) in [4.78, 5) is 15.9. The smallest absolute Gasteiger partial charge is 0.343 e. The van der Waals surface area contributed by atoms with Crippen molar-refractivity contribution in [3.8, 4) is 0 Å². The van der Waals surface area contributed by atoms with Crippen molar-refractivity contribution in [2.24, 2.45) is 0 Å². The van der Waals surface area contributed by atoms with E-state index in [0.29, 0.717) is 17.3 Å². The fourth-order valence-electron chi connectivity index (χ4n) is 2.30. The Balaban J connectivity index is 1.88. The van der Waals surface area contributed by atoms with Crippen LogP contribution in [0.5, 0.6) is 0 Å². The summed E-state index contributed by atoms with van der Waals surface area (Å²) in [6.45, 7) is 4.30. The first-order chi connectivity index (χ1) is 10.6. The highest BCUT2D eigenvalue weighted by Gasteiger charge is 2.21. The van der Waals surface area contributed by atoms with E-state index in [1.165, 1.54) is 5.56 Å². The molecule has 2 heterocycles. The lowest BCUT2D eigenvalue weighted by atomic mass is 10.0. The lowest BCUT2D eigenvalue weighted by molar-refractivity contribution is -0.130. The Morgan fingerprint density at radius 3 is 2.36 bits per heavy atom. The van der Waals surface area contributed by atoms with Gasteiger partial charge in [0.1, 0.15) is 5.76 Å². The molecule has 0 atom stereocenters.